The van der Waals surface area contributed by atoms with Gasteiger partial charge in [0.25, 0.3) is 0 Å². The van der Waals surface area contributed by atoms with Crippen LogP contribution in [0.4, 0.5) is 0 Å². The van der Waals surface area contributed by atoms with Crippen LogP contribution in [-0.2, 0) is 5.75 Å². The van der Waals surface area contributed by atoms with Crippen molar-refractivity contribution in [1.29, 1.82) is 0 Å². The number of methoxy groups -OCH3 is 1. The third-order valence-corrected chi connectivity index (χ3v) is 6.00. The molecule has 3 rings (SSSR count). The van der Waals surface area contributed by atoms with Gasteiger partial charge in [0.15, 0.2) is 16.7 Å². The van der Waals surface area contributed by atoms with Gasteiger partial charge in [-0.2, -0.15) is 5.10 Å². The van der Waals surface area contributed by atoms with Crippen molar-refractivity contribution < 1.29 is 9.47 Å². The first kappa shape index (κ1) is 20.7. The number of hydrogen-bond acceptors (Lipinski definition) is 5. The smallest absolute Gasteiger partial charge is 0.180 e. The van der Waals surface area contributed by atoms with Crippen LogP contribution in [0, 0.1) is 0 Å². The standard InChI is InChI=1S/C21H24BrN3O2S/c1-26-19-11-16(18(22)12-20(19)27-17-9-5-6-10-17)13-24-25-21(23)28-14-15-7-3-2-4-8-15/h2-4,7-8,11-13,17H,5-6,9-10,14H2,1H3,(H2,23,25). The van der Waals surface area contributed by atoms with Crippen molar-refractivity contribution in [2.45, 2.75) is 37.5 Å². The second-order valence-corrected chi connectivity index (χ2v) is 8.36. The number of rotatable bonds is 7. The maximum absolute atomic E-state index is 6.10. The van der Waals surface area contributed by atoms with Crippen LogP contribution in [0.2, 0.25) is 0 Å². The minimum absolute atomic E-state index is 0.270. The second kappa shape index (κ2) is 10.5. The highest BCUT2D eigenvalue weighted by Crippen LogP contribution is 2.35. The Labute approximate surface area is 178 Å². The Kier molecular flexibility index (Phi) is 7.80. The Morgan fingerprint density at radius 1 is 1.21 bits per heavy atom. The van der Waals surface area contributed by atoms with Crippen LogP contribution in [0.1, 0.15) is 36.8 Å². The van der Waals surface area contributed by atoms with E-state index in [0.717, 1.165) is 34.4 Å². The maximum Gasteiger partial charge on any atom is 0.180 e. The lowest BCUT2D eigenvalue weighted by atomic mass is 10.2. The highest BCUT2D eigenvalue weighted by molar-refractivity contribution is 9.10. The Hall–Kier alpha value is -1.99. The quantitative estimate of drug-likeness (QED) is 0.342. The molecule has 2 N–H and O–H groups in total. The summed E-state index contributed by atoms with van der Waals surface area (Å²) in [4.78, 5) is 0. The monoisotopic (exact) mass is 461 g/mol. The lowest BCUT2D eigenvalue weighted by Gasteiger charge is -2.17. The van der Waals surface area contributed by atoms with E-state index in [9.17, 15) is 0 Å². The molecule has 148 valence electrons. The number of benzene rings is 2. The molecular formula is C21H24BrN3O2S. The van der Waals surface area contributed by atoms with E-state index in [1.807, 2.05) is 30.3 Å². The molecule has 0 spiro atoms. The first-order valence-corrected chi connectivity index (χ1v) is 11.0. The molecule has 0 atom stereocenters. The largest absolute Gasteiger partial charge is 0.493 e. The first-order chi connectivity index (χ1) is 13.7. The van der Waals surface area contributed by atoms with Gasteiger partial charge in [0.1, 0.15) is 0 Å². The van der Waals surface area contributed by atoms with Crippen molar-refractivity contribution in [3.63, 3.8) is 0 Å². The molecule has 0 amide bonds. The number of nitrogens with zero attached hydrogens (tertiary/aromatic N) is 2. The van der Waals surface area contributed by atoms with Gasteiger partial charge in [0, 0.05) is 15.8 Å². The van der Waals surface area contributed by atoms with Gasteiger partial charge in [0.2, 0.25) is 0 Å². The van der Waals surface area contributed by atoms with Crippen molar-refractivity contribution in [2.24, 2.45) is 15.9 Å². The van der Waals surface area contributed by atoms with Crippen LogP contribution in [0.5, 0.6) is 11.5 Å². The van der Waals surface area contributed by atoms with E-state index < -0.39 is 0 Å². The molecule has 28 heavy (non-hydrogen) atoms. The van der Waals surface area contributed by atoms with E-state index >= 15 is 0 Å². The van der Waals surface area contributed by atoms with Crippen molar-refractivity contribution in [1.82, 2.24) is 0 Å². The van der Waals surface area contributed by atoms with Crippen molar-refractivity contribution in [2.75, 3.05) is 7.11 Å². The summed E-state index contributed by atoms with van der Waals surface area (Å²) in [6.07, 6.45) is 6.56. The predicted octanol–water partition coefficient (Wildman–Crippen LogP) is 5.36. The third-order valence-electron chi connectivity index (χ3n) is 4.46. The van der Waals surface area contributed by atoms with E-state index in [4.69, 9.17) is 15.2 Å². The molecule has 0 unspecified atom stereocenters. The van der Waals surface area contributed by atoms with Crippen molar-refractivity contribution in [3.05, 3.63) is 58.1 Å². The summed E-state index contributed by atoms with van der Waals surface area (Å²) in [5.74, 6) is 2.20. The normalized spacial score (nSPS) is 15.3. The number of ether oxygens (including phenoxy) is 2. The molecule has 0 aliphatic heterocycles. The molecular weight excluding hydrogens is 438 g/mol. The highest BCUT2D eigenvalue weighted by Gasteiger charge is 2.19. The zero-order valence-electron chi connectivity index (χ0n) is 15.8. The average molecular weight is 462 g/mol. The van der Waals surface area contributed by atoms with Gasteiger partial charge < -0.3 is 15.2 Å². The van der Waals surface area contributed by atoms with Crippen LogP contribution in [0.25, 0.3) is 0 Å². The topological polar surface area (TPSA) is 69.2 Å². The van der Waals surface area contributed by atoms with E-state index in [0.29, 0.717) is 10.9 Å². The second-order valence-electron chi connectivity index (χ2n) is 6.51. The fourth-order valence-electron chi connectivity index (χ4n) is 3.00. The molecule has 7 heteroatoms. The van der Waals surface area contributed by atoms with E-state index in [-0.39, 0.29) is 6.10 Å². The molecule has 2 aromatic rings. The van der Waals surface area contributed by atoms with E-state index in [2.05, 4.69) is 38.3 Å². The molecule has 0 saturated heterocycles. The summed E-state index contributed by atoms with van der Waals surface area (Å²) in [5, 5.41) is 8.61. The number of halogens is 1. The minimum atomic E-state index is 0.270. The molecule has 0 aromatic heterocycles. The van der Waals surface area contributed by atoms with Crippen molar-refractivity contribution >= 4 is 39.1 Å². The third kappa shape index (κ3) is 6.01. The zero-order chi connectivity index (χ0) is 19.8. The summed E-state index contributed by atoms with van der Waals surface area (Å²) >= 11 is 5.03. The van der Waals surface area contributed by atoms with E-state index in [1.54, 1.807) is 13.3 Å². The lowest BCUT2D eigenvalue weighted by molar-refractivity contribution is 0.200. The molecule has 1 aliphatic rings. The van der Waals surface area contributed by atoms with Crippen LogP contribution in [-0.4, -0.2) is 24.6 Å². The van der Waals surface area contributed by atoms with Crippen LogP contribution in [0.15, 0.2) is 57.1 Å². The Morgan fingerprint density at radius 2 is 1.96 bits per heavy atom. The summed E-state index contributed by atoms with van der Waals surface area (Å²) in [6.45, 7) is 0. The number of thioether (sulfide) groups is 1. The summed E-state index contributed by atoms with van der Waals surface area (Å²) in [6, 6.07) is 13.9. The molecule has 2 aromatic carbocycles. The van der Waals surface area contributed by atoms with Gasteiger partial charge in [-0.15, -0.1) is 5.10 Å². The Bertz CT molecular complexity index is 837. The number of hydrogen-bond donors (Lipinski definition) is 1. The minimum Gasteiger partial charge on any atom is -0.493 e. The van der Waals surface area contributed by atoms with Gasteiger partial charge in [-0.05, 0) is 59.3 Å². The maximum atomic E-state index is 6.10. The van der Waals surface area contributed by atoms with Gasteiger partial charge in [-0.3, -0.25) is 0 Å². The van der Waals surface area contributed by atoms with Gasteiger partial charge >= 0.3 is 0 Å². The van der Waals surface area contributed by atoms with Gasteiger partial charge in [0.05, 0.1) is 19.4 Å². The molecule has 1 saturated carbocycles. The molecule has 0 radical (unpaired) electrons. The SMILES string of the molecule is COc1cc(C=NN=C(N)SCc2ccccc2)c(Br)cc1OC1CCCC1. The Balaban J connectivity index is 1.63. The van der Waals surface area contributed by atoms with Gasteiger partial charge in [-0.25, -0.2) is 0 Å². The molecule has 1 aliphatic carbocycles. The summed E-state index contributed by atoms with van der Waals surface area (Å²) in [7, 11) is 1.64. The lowest BCUT2D eigenvalue weighted by Crippen LogP contribution is -2.11. The summed E-state index contributed by atoms with van der Waals surface area (Å²) in [5.41, 5.74) is 7.98. The van der Waals surface area contributed by atoms with E-state index in [1.165, 1.54) is 30.2 Å². The Morgan fingerprint density at radius 3 is 2.68 bits per heavy atom. The molecule has 1 fully saturated rings. The number of amidine groups is 1. The molecule has 0 bridgehead atoms. The van der Waals surface area contributed by atoms with Crippen molar-refractivity contribution in [3.8, 4) is 11.5 Å². The van der Waals surface area contributed by atoms with Crippen LogP contribution in [0.3, 0.4) is 0 Å². The number of nitrogens with two attached hydrogens (primary N) is 1. The van der Waals surface area contributed by atoms with Crippen LogP contribution < -0.4 is 15.2 Å². The highest BCUT2D eigenvalue weighted by atomic mass is 79.9. The average Bonchev–Trinajstić information content (AvgIpc) is 3.22. The molecule has 5 nitrogen and oxygen atoms in total. The summed E-state index contributed by atoms with van der Waals surface area (Å²) < 4.78 is 12.5. The fraction of sp³-hybridized carbons (Fsp3) is 0.333. The first-order valence-electron chi connectivity index (χ1n) is 9.23. The molecule has 0 heterocycles. The zero-order valence-corrected chi connectivity index (χ0v) is 18.2. The van der Waals surface area contributed by atoms with Gasteiger partial charge in [-0.1, -0.05) is 42.1 Å². The fourth-order valence-corrected chi connectivity index (χ4v) is 4.03. The predicted molar refractivity (Wildman–Crippen MR) is 121 cm³/mol. The van der Waals surface area contributed by atoms with Crippen LogP contribution >= 0.6 is 27.7 Å².